The molecular formula is C16H16ClN9O6S3. The van der Waals surface area contributed by atoms with E-state index in [-0.39, 0.29) is 32.0 Å². The largest absolute Gasteiger partial charge is 0.512 e. The Hall–Kier alpha value is -3.09. The average Bonchev–Trinajstić information content (AvgIpc) is 3.43. The normalized spacial score (nSPS) is 20.7. The lowest BCUT2D eigenvalue weighted by atomic mass is 10.0. The lowest BCUT2D eigenvalue weighted by molar-refractivity contribution is -0.148. The summed E-state index contributed by atoms with van der Waals surface area (Å²) in [7, 11) is 1.24. The Morgan fingerprint density at radius 1 is 1.49 bits per heavy atom. The molecule has 19 heteroatoms. The summed E-state index contributed by atoms with van der Waals surface area (Å²) < 4.78 is 5.11. The number of fused-ring (bicyclic) bond motifs is 1. The number of rotatable bonds is 8. The maximum absolute atomic E-state index is 13.0. The van der Waals surface area contributed by atoms with Crippen LogP contribution in [0.1, 0.15) is 12.6 Å². The Morgan fingerprint density at radius 3 is 2.86 bits per heavy atom. The molecule has 2 amide bonds. The van der Waals surface area contributed by atoms with E-state index in [1.54, 1.807) is 6.92 Å². The maximum atomic E-state index is 13.0. The number of hydrogen-bond acceptors (Lipinski definition) is 14. The first-order valence-electron chi connectivity index (χ1n) is 9.54. The van der Waals surface area contributed by atoms with E-state index in [0.29, 0.717) is 16.5 Å². The number of halogens is 1. The fourth-order valence-electron chi connectivity index (χ4n) is 3.25. The standard InChI is InChI=1S/C16H16ClN9O6S3/c1-4(34-15-21-24-25-22-15)5-3-33-13-8(11(28)26(13)12(5)32-16(29)30)19-10(27)7(23-31-2)6-9(17)35-14(18)20-6/h4,8,13H,3H2,1-2H3,(H2,18,20)(H,19,27)(H,29,30)(H,21,22,24,25)/t4?,8?,13-/m0/s1. The second-order valence-electron chi connectivity index (χ2n) is 6.81. The Bertz CT molecular complexity index is 1220. The summed E-state index contributed by atoms with van der Waals surface area (Å²) in [6.07, 6.45) is -1.58. The topological polar surface area (TPSA) is 211 Å². The average molecular weight is 562 g/mol. The van der Waals surface area contributed by atoms with Gasteiger partial charge in [0.2, 0.25) is 11.0 Å². The zero-order chi connectivity index (χ0) is 25.3. The van der Waals surface area contributed by atoms with Gasteiger partial charge in [-0.25, -0.2) is 9.78 Å². The Labute approximate surface area is 213 Å². The summed E-state index contributed by atoms with van der Waals surface area (Å²) in [5.41, 5.74) is 5.94. The van der Waals surface area contributed by atoms with Gasteiger partial charge < -0.3 is 25.7 Å². The molecule has 4 heterocycles. The van der Waals surface area contributed by atoms with Crippen molar-refractivity contribution < 1.29 is 29.1 Å². The number of aromatic amines is 1. The SMILES string of the molecule is CON=C(C(=O)NC1C(=O)N2C(OC(=O)O)=C(C(C)Sc3nn[nH]n3)CS[C@@H]12)c1nc(N)sc1Cl. The molecule has 35 heavy (non-hydrogen) atoms. The molecule has 15 nitrogen and oxygen atoms in total. The molecule has 0 radical (unpaired) electrons. The number of amides is 2. The monoisotopic (exact) mass is 561 g/mol. The number of carbonyl (C=O) groups excluding carboxylic acids is 2. The number of nitrogen functional groups attached to an aromatic ring is 1. The van der Waals surface area contributed by atoms with Crippen molar-refractivity contribution in [3.05, 3.63) is 21.5 Å². The predicted molar refractivity (Wildman–Crippen MR) is 126 cm³/mol. The summed E-state index contributed by atoms with van der Waals surface area (Å²) in [5, 5.41) is 28.6. The van der Waals surface area contributed by atoms with Gasteiger partial charge in [-0.3, -0.25) is 14.5 Å². The van der Waals surface area contributed by atoms with Gasteiger partial charge in [0.05, 0.1) is 0 Å². The maximum Gasteiger partial charge on any atom is 0.512 e. The third-order valence-electron chi connectivity index (χ3n) is 4.74. The molecule has 0 aromatic carbocycles. The number of carboxylic acid groups (broad SMARTS) is 1. The number of nitrogens with one attached hydrogen (secondary N) is 2. The van der Waals surface area contributed by atoms with Gasteiger partial charge in [0.25, 0.3) is 11.8 Å². The first-order chi connectivity index (χ1) is 16.7. The molecule has 1 fully saturated rings. The van der Waals surface area contributed by atoms with Crippen LogP contribution < -0.4 is 11.1 Å². The van der Waals surface area contributed by atoms with Gasteiger partial charge in [-0.15, -0.1) is 22.0 Å². The molecule has 2 aromatic rings. The third kappa shape index (κ3) is 5.00. The van der Waals surface area contributed by atoms with Crippen LogP contribution in [0.5, 0.6) is 0 Å². The van der Waals surface area contributed by atoms with Crippen LogP contribution in [0.2, 0.25) is 4.34 Å². The van der Waals surface area contributed by atoms with Crippen molar-refractivity contribution in [3.8, 4) is 0 Å². The minimum Gasteiger partial charge on any atom is -0.449 e. The lowest BCUT2D eigenvalue weighted by Crippen LogP contribution is -2.70. The highest BCUT2D eigenvalue weighted by atomic mass is 35.5. The number of oxime groups is 1. The van der Waals surface area contributed by atoms with Gasteiger partial charge in [-0.2, -0.15) is 5.21 Å². The predicted octanol–water partition coefficient (Wildman–Crippen LogP) is 0.729. The highest BCUT2D eigenvalue weighted by molar-refractivity contribution is 8.01. The van der Waals surface area contributed by atoms with Crippen LogP contribution in [0.25, 0.3) is 0 Å². The molecule has 2 unspecified atom stereocenters. The first-order valence-corrected chi connectivity index (χ1v) is 12.7. The molecule has 2 aliphatic rings. The molecule has 1 saturated heterocycles. The second-order valence-corrected chi connectivity index (χ2v) is 10.9. The van der Waals surface area contributed by atoms with E-state index in [2.05, 4.69) is 36.1 Å². The van der Waals surface area contributed by atoms with E-state index in [4.69, 9.17) is 26.9 Å². The molecule has 3 atom stereocenters. The number of tetrazole rings is 1. The molecule has 186 valence electrons. The number of aromatic nitrogens is 5. The van der Waals surface area contributed by atoms with Crippen LogP contribution in [-0.4, -0.2) is 88.8 Å². The summed E-state index contributed by atoms with van der Waals surface area (Å²) in [5.74, 6) is -1.12. The quantitative estimate of drug-likeness (QED) is 0.115. The van der Waals surface area contributed by atoms with Gasteiger partial charge in [-0.1, -0.05) is 39.9 Å². The second kappa shape index (κ2) is 10.3. The summed E-state index contributed by atoms with van der Waals surface area (Å²) in [6.45, 7) is 1.79. The van der Waals surface area contributed by atoms with Crippen molar-refractivity contribution in [2.45, 2.75) is 28.7 Å². The number of β-lactam (4-membered cyclic amide) rings is 1. The zero-order valence-corrected chi connectivity index (χ0v) is 21.0. The van der Waals surface area contributed by atoms with E-state index in [1.807, 2.05) is 0 Å². The summed E-state index contributed by atoms with van der Waals surface area (Å²) in [6, 6.07) is -0.988. The number of ether oxygens (including phenoxy) is 1. The van der Waals surface area contributed by atoms with Gasteiger partial charge in [0, 0.05) is 16.6 Å². The number of nitrogens with two attached hydrogens (primary N) is 1. The minimum atomic E-state index is -1.58. The number of thiazole rings is 1. The smallest absolute Gasteiger partial charge is 0.449 e. The molecular weight excluding hydrogens is 546 g/mol. The molecule has 0 spiro atoms. The number of H-pyrrole nitrogens is 1. The lowest BCUT2D eigenvalue weighted by Gasteiger charge is -2.49. The van der Waals surface area contributed by atoms with Crippen LogP contribution in [0.15, 0.2) is 21.8 Å². The number of carbonyl (C=O) groups is 3. The molecule has 0 aliphatic carbocycles. The summed E-state index contributed by atoms with van der Waals surface area (Å²) in [4.78, 5) is 47.2. The molecule has 2 aromatic heterocycles. The molecule has 4 rings (SSSR count). The van der Waals surface area contributed by atoms with Gasteiger partial charge in [0.15, 0.2) is 10.8 Å². The third-order valence-corrected chi connectivity index (χ3v) is 8.15. The minimum absolute atomic E-state index is 0.0119. The molecule has 5 N–H and O–H groups in total. The Morgan fingerprint density at radius 2 is 2.26 bits per heavy atom. The first kappa shape index (κ1) is 25.0. The van der Waals surface area contributed by atoms with Crippen LogP contribution in [0.3, 0.4) is 0 Å². The molecule has 0 saturated carbocycles. The fourth-order valence-corrected chi connectivity index (χ4v) is 6.56. The number of thioether (sulfide) groups is 2. The van der Waals surface area contributed by atoms with Crippen LogP contribution in [-0.2, 0) is 19.2 Å². The highest BCUT2D eigenvalue weighted by Gasteiger charge is 2.55. The number of nitrogens with zero attached hydrogens (tertiary/aromatic N) is 6. The van der Waals surface area contributed by atoms with E-state index in [9.17, 15) is 19.5 Å². The number of anilines is 1. The van der Waals surface area contributed by atoms with Crippen molar-refractivity contribution in [2.75, 3.05) is 18.6 Å². The van der Waals surface area contributed by atoms with Gasteiger partial charge in [-0.05, 0) is 12.1 Å². The molecule has 2 aliphatic heterocycles. The van der Waals surface area contributed by atoms with Crippen molar-refractivity contribution in [1.82, 2.24) is 35.8 Å². The van der Waals surface area contributed by atoms with Gasteiger partial charge >= 0.3 is 6.16 Å². The zero-order valence-electron chi connectivity index (χ0n) is 17.8. The number of hydrogen-bond donors (Lipinski definition) is 4. The Kier molecular flexibility index (Phi) is 7.33. The van der Waals surface area contributed by atoms with Crippen molar-refractivity contribution in [2.24, 2.45) is 5.16 Å². The van der Waals surface area contributed by atoms with Gasteiger partial charge in [0.1, 0.15) is 28.6 Å². The van der Waals surface area contributed by atoms with Crippen LogP contribution in [0, 0.1) is 0 Å². The van der Waals surface area contributed by atoms with E-state index in [1.165, 1.54) is 35.5 Å². The van der Waals surface area contributed by atoms with Crippen molar-refractivity contribution in [3.63, 3.8) is 0 Å². The Balaban J connectivity index is 1.54. The van der Waals surface area contributed by atoms with Crippen LogP contribution in [0.4, 0.5) is 9.93 Å². The van der Waals surface area contributed by atoms with E-state index in [0.717, 1.165) is 11.3 Å². The van der Waals surface area contributed by atoms with E-state index >= 15 is 0 Å². The van der Waals surface area contributed by atoms with Crippen molar-refractivity contribution in [1.29, 1.82) is 0 Å². The summed E-state index contributed by atoms with van der Waals surface area (Å²) >= 11 is 9.58. The van der Waals surface area contributed by atoms with Crippen molar-refractivity contribution >= 4 is 75.3 Å². The van der Waals surface area contributed by atoms with Crippen LogP contribution >= 0.6 is 46.5 Å². The highest BCUT2D eigenvalue weighted by Crippen LogP contribution is 2.43. The van der Waals surface area contributed by atoms with E-state index < -0.39 is 29.4 Å². The molecule has 0 bridgehead atoms. The fraction of sp³-hybridized carbons (Fsp3) is 0.375.